The average molecular weight is 666 g/mol. The summed E-state index contributed by atoms with van der Waals surface area (Å²) < 4.78 is 10.4. The van der Waals surface area contributed by atoms with E-state index in [9.17, 15) is 29.5 Å². The van der Waals surface area contributed by atoms with Gasteiger partial charge >= 0.3 is 12.1 Å². The molecule has 2 N–H and O–H groups in total. The maximum atomic E-state index is 14.1. The first-order chi connectivity index (χ1) is 22.7. The van der Waals surface area contributed by atoms with Gasteiger partial charge in [-0.3, -0.25) is 19.3 Å². The summed E-state index contributed by atoms with van der Waals surface area (Å²) in [5, 5.41) is 11.3. The SMILES string of the molecule is CCCC[C@@H](NC(=O)[C@H](C)N(C)C(=O)OC(C)(C)C)C(=O)N1CC[C@@H](N=[N+]=[N-])[C@H]1C(=O)N[C@@H](Cc1ccc2ccccc2c1)C(=O)OC. The quantitative estimate of drug-likeness (QED) is 0.139. The molecular weight excluding hydrogens is 618 g/mol. The van der Waals surface area contributed by atoms with Crippen molar-refractivity contribution in [3.8, 4) is 0 Å². The van der Waals surface area contributed by atoms with Crippen molar-refractivity contribution in [3.63, 3.8) is 0 Å². The Labute approximate surface area is 281 Å². The Hall–Kier alpha value is -4.84. The first-order valence-electron chi connectivity index (χ1n) is 16.2. The minimum absolute atomic E-state index is 0.0834. The van der Waals surface area contributed by atoms with Crippen molar-refractivity contribution in [1.82, 2.24) is 20.4 Å². The number of fused-ring (bicyclic) bond motifs is 1. The Kier molecular flexibility index (Phi) is 13.2. The fourth-order valence-electron chi connectivity index (χ4n) is 5.55. The van der Waals surface area contributed by atoms with Gasteiger partial charge in [-0.2, -0.15) is 0 Å². The number of benzene rings is 2. The van der Waals surface area contributed by atoms with Crippen LogP contribution in [-0.4, -0.2) is 96.1 Å². The van der Waals surface area contributed by atoms with E-state index >= 15 is 0 Å². The third-order valence-electron chi connectivity index (χ3n) is 8.28. The molecule has 2 aromatic rings. The highest BCUT2D eigenvalue weighted by atomic mass is 16.6. The summed E-state index contributed by atoms with van der Waals surface area (Å²) in [6.07, 6.45) is 1.22. The number of esters is 1. The number of likely N-dealkylation sites (tertiary alicyclic amines) is 1. The number of amides is 4. The summed E-state index contributed by atoms with van der Waals surface area (Å²) in [5.74, 6) is -2.48. The van der Waals surface area contributed by atoms with E-state index in [0.717, 1.165) is 27.7 Å². The van der Waals surface area contributed by atoms with Crippen LogP contribution in [0.25, 0.3) is 21.2 Å². The summed E-state index contributed by atoms with van der Waals surface area (Å²) in [7, 11) is 2.65. The monoisotopic (exact) mass is 665 g/mol. The van der Waals surface area contributed by atoms with Gasteiger partial charge in [-0.15, -0.1) is 0 Å². The third kappa shape index (κ3) is 9.83. The zero-order chi connectivity index (χ0) is 35.6. The molecule has 1 saturated heterocycles. The average Bonchev–Trinajstić information content (AvgIpc) is 3.47. The lowest BCUT2D eigenvalue weighted by Gasteiger charge is -2.32. The number of hydrogen-bond donors (Lipinski definition) is 2. The van der Waals surface area contributed by atoms with Gasteiger partial charge in [0.05, 0.1) is 13.2 Å². The first-order valence-corrected chi connectivity index (χ1v) is 16.2. The molecule has 0 aliphatic carbocycles. The minimum atomic E-state index is -1.24. The molecule has 1 aliphatic rings. The molecule has 2 aromatic carbocycles. The van der Waals surface area contributed by atoms with E-state index in [-0.39, 0.29) is 25.8 Å². The number of ether oxygens (including phenoxy) is 2. The Morgan fingerprint density at radius 3 is 2.40 bits per heavy atom. The highest BCUT2D eigenvalue weighted by Gasteiger charge is 2.44. The number of rotatable bonds is 13. The van der Waals surface area contributed by atoms with E-state index in [1.165, 1.54) is 26.0 Å². The maximum absolute atomic E-state index is 14.1. The van der Waals surface area contributed by atoms with Gasteiger partial charge in [0.1, 0.15) is 29.8 Å². The van der Waals surface area contributed by atoms with Crippen molar-refractivity contribution < 1.29 is 33.4 Å². The number of unbranched alkanes of at least 4 members (excludes halogenated alkanes) is 1. The predicted molar refractivity (Wildman–Crippen MR) is 180 cm³/mol. The number of hydrogen-bond acceptors (Lipinski definition) is 8. The molecule has 0 bridgehead atoms. The molecule has 1 fully saturated rings. The number of nitrogens with zero attached hydrogens (tertiary/aromatic N) is 5. The van der Waals surface area contributed by atoms with Gasteiger partial charge in [-0.05, 0) is 62.4 Å². The Morgan fingerprint density at radius 1 is 1.08 bits per heavy atom. The number of likely N-dealkylation sites (N-methyl/N-ethyl adjacent to an activating group) is 1. The topological polar surface area (TPSA) is 183 Å². The van der Waals surface area contributed by atoms with Crippen molar-refractivity contribution in [2.24, 2.45) is 5.11 Å². The second-order valence-electron chi connectivity index (χ2n) is 13.0. The van der Waals surface area contributed by atoms with Crippen LogP contribution < -0.4 is 10.6 Å². The number of carbonyl (C=O) groups excluding carboxylic acids is 5. The van der Waals surface area contributed by atoms with E-state index in [1.54, 1.807) is 20.8 Å². The normalized spacial score (nSPS) is 17.8. The molecule has 1 heterocycles. The third-order valence-corrected chi connectivity index (χ3v) is 8.28. The van der Waals surface area contributed by atoms with Crippen LogP contribution in [0.1, 0.15) is 65.9 Å². The summed E-state index contributed by atoms with van der Waals surface area (Å²) in [4.78, 5) is 72.0. The van der Waals surface area contributed by atoms with Gasteiger partial charge in [0.25, 0.3) is 0 Å². The molecule has 5 atom stereocenters. The molecule has 3 rings (SSSR count). The van der Waals surface area contributed by atoms with Gasteiger partial charge in [-0.25, -0.2) is 9.59 Å². The van der Waals surface area contributed by atoms with Crippen LogP contribution in [0.2, 0.25) is 0 Å². The van der Waals surface area contributed by atoms with Crippen molar-refractivity contribution in [2.45, 2.75) is 103 Å². The van der Waals surface area contributed by atoms with Crippen molar-refractivity contribution in [2.75, 3.05) is 20.7 Å². The molecule has 0 unspecified atom stereocenters. The van der Waals surface area contributed by atoms with Crippen molar-refractivity contribution >= 4 is 40.6 Å². The Bertz CT molecular complexity index is 1540. The summed E-state index contributed by atoms with van der Waals surface area (Å²) in [6, 6.07) is 8.23. The van der Waals surface area contributed by atoms with Crippen molar-refractivity contribution in [1.29, 1.82) is 0 Å². The zero-order valence-corrected chi connectivity index (χ0v) is 28.8. The molecule has 0 aromatic heterocycles. The first kappa shape index (κ1) is 37.6. The van der Waals surface area contributed by atoms with Crippen LogP contribution in [0.4, 0.5) is 4.79 Å². The standard InChI is InChI=1S/C34H47N7O7/c1-8-9-14-26(36-29(42)21(2)40(6)33(46)48-34(3,4)5)31(44)41-18-17-25(38-39-35)28(41)30(43)37-27(32(45)47-7)20-22-15-16-23-12-10-11-13-24(23)19-22/h10-13,15-16,19,21,25-28H,8-9,14,17-18,20H2,1-7H3,(H,36,42)(H,37,43)/t21-,25+,26+,27-,28-/m0/s1. The fourth-order valence-corrected chi connectivity index (χ4v) is 5.55. The molecule has 1 aliphatic heterocycles. The minimum Gasteiger partial charge on any atom is -0.467 e. The molecule has 0 radical (unpaired) electrons. The van der Waals surface area contributed by atoms with Crippen LogP contribution in [0.5, 0.6) is 0 Å². The van der Waals surface area contributed by atoms with Gasteiger partial charge in [0, 0.05) is 24.9 Å². The maximum Gasteiger partial charge on any atom is 0.410 e. The Morgan fingerprint density at radius 2 is 1.77 bits per heavy atom. The lowest BCUT2D eigenvalue weighted by atomic mass is 10.0. The number of nitrogens with one attached hydrogen (secondary N) is 2. The second kappa shape index (κ2) is 16.8. The second-order valence-corrected chi connectivity index (χ2v) is 13.0. The van der Waals surface area contributed by atoms with E-state index in [4.69, 9.17) is 9.47 Å². The molecule has 0 saturated carbocycles. The largest absolute Gasteiger partial charge is 0.467 e. The van der Waals surface area contributed by atoms with Gasteiger partial charge in [0.2, 0.25) is 17.7 Å². The number of azide groups is 1. The smallest absolute Gasteiger partial charge is 0.410 e. The molecular formula is C34H47N7O7. The van der Waals surface area contributed by atoms with Crippen molar-refractivity contribution in [3.05, 3.63) is 58.5 Å². The molecule has 0 spiro atoms. The Balaban J connectivity index is 1.83. The van der Waals surface area contributed by atoms with Crippen LogP contribution in [0.3, 0.4) is 0 Å². The highest BCUT2D eigenvalue weighted by Crippen LogP contribution is 2.25. The van der Waals surface area contributed by atoms with E-state index in [1.807, 2.05) is 49.4 Å². The van der Waals surface area contributed by atoms with Gasteiger partial charge < -0.3 is 25.0 Å². The van der Waals surface area contributed by atoms with Crippen LogP contribution in [-0.2, 0) is 35.1 Å². The van der Waals surface area contributed by atoms with Crippen LogP contribution in [0, 0.1) is 0 Å². The molecule has 48 heavy (non-hydrogen) atoms. The molecule has 14 nitrogen and oxygen atoms in total. The molecule has 4 amide bonds. The van der Waals surface area contributed by atoms with E-state index in [2.05, 4.69) is 20.7 Å². The fraction of sp³-hybridized carbons (Fsp3) is 0.559. The molecule has 14 heteroatoms. The van der Waals surface area contributed by atoms with E-state index < -0.39 is 65.6 Å². The lowest BCUT2D eigenvalue weighted by molar-refractivity contribution is -0.147. The lowest BCUT2D eigenvalue weighted by Crippen LogP contribution is -2.59. The summed E-state index contributed by atoms with van der Waals surface area (Å²) >= 11 is 0. The van der Waals surface area contributed by atoms with E-state index in [0.29, 0.717) is 6.42 Å². The zero-order valence-electron chi connectivity index (χ0n) is 28.8. The van der Waals surface area contributed by atoms with Gasteiger partial charge in [-0.1, -0.05) is 67.3 Å². The van der Waals surface area contributed by atoms with Crippen LogP contribution in [0.15, 0.2) is 47.6 Å². The number of methoxy groups -OCH3 is 1. The van der Waals surface area contributed by atoms with Gasteiger partial charge in [0.15, 0.2) is 0 Å². The molecule has 260 valence electrons. The van der Waals surface area contributed by atoms with Crippen LogP contribution >= 0.6 is 0 Å². The predicted octanol–water partition coefficient (Wildman–Crippen LogP) is 4.25. The summed E-state index contributed by atoms with van der Waals surface area (Å²) in [5.41, 5.74) is 9.28. The number of carbonyl (C=O) groups is 5. The highest BCUT2D eigenvalue weighted by molar-refractivity contribution is 5.95. The summed E-state index contributed by atoms with van der Waals surface area (Å²) in [6.45, 7) is 8.69.